The number of aromatic nitrogens is 4. The Morgan fingerprint density at radius 1 is 1.32 bits per heavy atom. The second-order valence-corrected chi connectivity index (χ2v) is 10.5. The predicted molar refractivity (Wildman–Crippen MR) is 141 cm³/mol. The maximum atomic E-state index is 15.5. The lowest BCUT2D eigenvalue weighted by atomic mass is 10.0. The third-order valence-corrected chi connectivity index (χ3v) is 5.84. The number of alkyl carbamates (subject to hydrolysis) is 1. The van der Waals surface area contributed by atoms with Crippen LogP contribution in [0, 0.1) is 5.82 Å². The largest absolute Gasteiger partial charge is 0.453 e. The topological polar surface area (TPSA) is 140 Å². The van der Waals surface area contributed by atoms with Crippen LogP contribution in [0.4, 0.5) is 20.8 Å². The molecule has 0 saturated heterocycles. The van der Waals surface area contributed by atoms with Gasteiger partial charge in [0.25, 0.3) is 0 Å². The molecule has 2 aromatic heterocycles. The number of amides is 1. The summed E-state index contributed by atoms with van der Waals surface area (Å²) in [5.74, 6) is -0.592. The van der Waals surface area contributed by atoms with E-state index in [2.05, 4.69) is 41.7 Å². The van der Waals surface area contributed by atoms with Crippen LogP contribution in [-0.4, -0.2) is 60.2 Å². The van der Waals surface area contributed by atoms with E-state index >= 15 is 4.39 Å². The Morgan fingerprint density at radius 3 is 2.68 bits per heavy atom. The van der Waals surface area contributed by atoms with Gasteiger partial charge in [-0.05, 0) is 32.0 Å². The number of nitrogens with one attached hydrogen (secondary N) is 3. The number of hydrogen-bond acceptors (Lipinski definition) is 8. The lowest BCUT2D eigenvalue weighted by Crippen LogP contribution is -2.38. The summed E-state index contributed by atoms with van der Waals surface area (Å²) < 4.78 is 47.4. The van der Waals surface area contributed by atoms with Crippen LogP contribution in [0.15, 0.2) is 43.2 Å². The molecule has 1 aromatic carbocycles. The van der Waals surface area contributed by atoms with E-state index in [0.29, 0.717) is 11.3 Å². The van der Waals surface area contributed by atoms with Gasteiger partial charge in [-0.1, -0.05) is 17.7 Å². The Bertz CT molecular complexity index is 1410. The highest BCUT2D eigenvalue weighted by molar-refractivity contribution is 7.92. The standard InChI is InChI=1S/C23H27ClFN7O4S/c1-6-15(28-23(33)36-4)11-27-22-26-8-7-18(29-22)17-12-32(13(2)3)30-21(17)16-9-14(24)10-19(20(16)25)31-37(5,34)35/h6-10,12-13,15,31H,1,11H2,2-5H3,(H,28,33)(H,26,27,29). The molecule has 3 N–H and O–H groups in total. The van der Waals surface area contributed by atoms with Crippen LogP contribution in [0.5, 0.6) is 0 Å². The third-order valence-electron chi connectivity index (χ3n) is 5.03. The smallest absolute Gasteiger partial charge is 0.407 e. The Hall–Kier alpha value is -3.71. The molecule has 11 nitrogen and oxygen atoms in total. The molecule has 1 atom stereocenters. The van der Waals surface area contributed by atoms with E-state index in [1.165, 1.54) is 31.5 Å². The molecule has 14 heteroatoms. The van der Waals surface area contributed by atoms with Gasteiger partial charge in [0.2, 0.25) is 16.0 Å². The lowest BCUT2D eigenvalue weighted by molar-refractivity contribution is 0.169. The molecule has 0 aliphatic heterocycles. The van der Waals surface area contributed by atoms with Gasteiger partial charge >= 0.3 is 6.09 Å². The number of benzene rings is 1. The van der Waals surface area contributed by atoms with Crippen molar-refractivity contribution in [3.05, 3.63) is 54.1 Å². The van der Waals surface area contributed by atoms with Gasteiger partial charge in [0.1, 0.15) is 5.69 Å². The number of hydrogen-bond donors (Lipinski definition) is 3. The second kappa shape index (κ2) is 11.6. The molecule has 0 radical (unpaired) electrons. The first-order valence-corrected chi connectivity index (χ1v) is 13.3. The van der Waals surface area contributed by atoms with Gasteiger partial charge in [-0.3, -0.25) is 9.40 Å². The van der Waals surface area contributed by atoms with E-state index in [-0.39, 0.29) is 40.5 Å². The Labute approximate surface area is 219 Å². The van der Waals surface area contributed by atoms with Crippen LogP contribution in [0.3, 0.4) is 0 Å². The molecule has 2 heterocycles. The van der Waals surface area contributed by atoms with Gasteiger partial charge in [0.05, 0.1) is 30.8 Å². The van der Waals surface area contributed by atoms with E-state index in [1.54, 1.807) is 16.9 Å². The van der Waals surface area contributed by atoms with E-state index in [4.69, 9.17) is 11.6 Å². The number of anilines is 2. The molecule has 3 aromatic rings. The Kier molecular flexibility index (Phi) is 8.71. The number of carbonyl (C=O) groups is 1. The number of sulfonamides is 1. The van der Waals surface area contributed by atoms with Gasteiger partial charge in [0.15, 0.2) is 5.82 Å². The minimum absolute atomic E-state index is 0.00447. The van der Waals surface area contributed by atoms with Crippen molar-refractivity contribution in [1.82, 2.24) is 25.1 Å². The molecule has 0 fully saturated rings. The van der Waals surface area contributed by atoms with Crippen molar-refractivity contribution >= 4 is 39.4 Å². The number of methoxy groups -OCH3 is 1. The van der Waals surface area contributed by atoms with Crippen molar-refractivity contribution in [1.29, 1.82) is 0 Å². The zero-order chi connectivity index (χ0) is 27.3. The average molecular weight is 552 g/mol. The number of ether oxygens (including phenoxy) is 1. The van der Waals surface area contributed by atoms with Crippen molar-refractivity contribution in [2.24, 2.45) is 0 Å². The van der Waals surface area contributed by atoms with Crippen molar-refractivity contribution < 1.29 is 22.3 Å². The summed E-state index contributed by atoms with van der Waals surface area (Å²) in [7, 11) is -2.50. The highest BCUT2D eigenvalue weighted by atomic mass is 35.5. The van der Waals surface area contributed by atoms with Crippen molar-refractivity contribution in [2.75, 3.05) is 29.9 Å². The fourth-order valence-corrected chi connectivity index (χ4v) is 4.04. The minimum atomic E-state index is -3.76. The summed E-state index contributed by atoms with van der Waals surface area (Å²) in [5, 5.41) is 10.3. The monoisotopic (exact) mass is 551 g/mol. The molecular formula is C23H27ClFN7O4S. The molecule has 1 unspecified atom stereocenters. The van der Waals surface area contributed by atoms with Gasteiger partial charge < -0.3 is 15.4 Å². The molecule has 198 valence electrons. The molecule has 37 heavy (non-hydrogen) atoms. The quantitative estimate of drug-likeness (QED) is 0.320. The zero-order valence-corrected chi connectivity index (χ0v) is 22.2. The van der Waals surface area contributed by atoms with Crippen LogP contribution >= 0.6 is 11.6 Å². The van der Waals surface area contributed by atoms with Gasteiger partial charge in [-0.2, -0.15) is 5.10 Å². The van der Waals surface area contributed by atoms with Crippen LogP contribution in [0.25, 0.3) is 22.5 Å². The average Bonchev–Trinajstić information content (AvgIpc) is 3.28. The fourth-order valence-electron chi connectivity index (χ4n) is 3.28. The fraction of sp³-hybridized carbons (Fsp3) is 0.304. The number of halogens is 2. The van der Waals surface area contributed by atoms with Crippen molar-refractivity contribution in [3.63, 3.8) is 0 Å². The zero-order valence-electron chi connectivity index (χ0n) is 20.6. The van der Waals surface area contributed by atoms with Crippen LogP contribution in [0.1, 0.15) is 19.9 Å². The SMILES string of the molecule is C=CC(CNc1nccc(-c2cn(C(C)C)nc2-c2cc(Cl)cc(NS(C)(=O)=O)c2F)n1)NC(=O)OC. The molecule has 0 saturated carbocycles. The van der Waals surface area contributed by atoms with Gasteiger partial charge in [0, 0.05) is 41.1 Å². The third kappa shape index (κ3) is 7.17. The number of nitrogens with zero attached hydrogens (tertiary/aromatic N) is 4. The van der Waals surface area contributed by atoms with E-state index in [1.807, 2.05) is 13.8 Å². The van der Waals surface area contributed by atoms with Gasteiger partial charge in [-0.15, -0.1) is 6.58 Å². The van der Waals surface area contributed by atoms with Crippen molar-refractivity contribution in [2.45, 2.75) is 25.9 Å². The van der Waals surface area contributed by atoms with Crippen molar-refractivity contribution in [3.8, 4) is 22.5 Å². The molecule has 0 bridgehead atoms. The molecule has 3 rings (SSSR count). The summed E-state index contributed by atoms with van der Waals surface area (Å²) in [6.45, 7) is 7.72. The first kappa shape index (κ1) is 27.9. The lowest BCUT2D eigenvalue weighted by Gasteiger charge is -2.15. The summed E-state index contributed by atoms with van der Waals surface area (Å²) >= 11 is 6.21. The summed E-state index contributed by atoms with van der Waals surface area (Å²) in [6.07, 6.45) is 5.06. The van der Waals surface area contributed by atoms with E-state index in [0.717, 1.165) is 6.26 Å². The Morgan fingerprint density at radius 2 is 2.05 bits per heavy atom. The molecule has 0 aliphatic carbocycles. The number of carbonyl (C=O) groups excluding carboxylic acids is 1. The number of rotatable bonds is 10. The summed E-state index contributed by atoms with van der Waals surface area (Å²) in [6, 6.07) is 3.66. The Balaban J connectivity index is 2.03. The van der Waals surface area contributed by atoms with Crippen LogP contribution in [-0.2, 0) is 14.8 Å². The van der Waals surface area contributed by atoms with E-state index in [9.17, 15) is 13.2 Å². The predicted octanol–water partition coefficient (Wildman–Crippen LogP) is 4.07. The maximum Gasteiger partial charge on any atom is 0.407 e. The highest BCUT2D eigenvalue weighted by Gasteiger charge is 2.22. The second-order valence-electron chi connectivity index (χ2n) is 8.28. The van der Waals surface area contributed by atoms with Gasteiger partial charge in [-0.25, -0.2) is 27.6 Å². The first-order valence-electron chi connectivity index (χ1n) is 11.0. The minimum Gasteiger partial charge on any atom is -0.453 e. The molecular weight excluding hydrogens is 525 g/mol. The molecule has 0 aliphatic rings. The van der Waals surface area contributed by atoms with Crippen LogP contribution < -0.4 is 15.4 Å². The molecule has 1 amide bonds. The van der Waals surface area contributed by atoms with Crippen LogP contribution in [0.2, 0.25) is 5.02 Å². The molecule has 0 spiro atoms. The highest BCUT2D eigenvalue weighted by Crippen LogP contribution is 2.37. The summed E-state index contributed by atoms with van der Waals surface area (Å²) in [4.78, 5) is 20.2. The normalized spacial score (nSPS) is 12.2. The maximum absolute atomic E-state index is 15.5. The summed E-state index contributed by atoms with van der Waals surface area (Å²) in [5.41, 5.74) is 0.807. The first-order chi connectivity index (χ1) is 17.4. The van der Waals surface area contributed by atoms with E-state index < -0.39 is 28.0 Å².